The van der Waals surface area contributed by atoms with E-state index in [0.717, 1.165) is 16.9 Å². The van der Waals surface area contributed by atoms with Gasteiger partial charge >= 0.3 is 5.97 Å². The average molecular weight is 325 g/mol. The Morgan fingerprint density at radius 2 is 1.67 bits per heavy atom. The molecule has 0 bridgehead atoms. The predicted molar refractivity (Wildman–Crippen MR) is 91.7 cm³/mol. The highest BCUT2D eigenvalue weighted by molar-refractivity contribution is 5.92. The van der Waals surface area contributed by atoms with Gasteiger partial charge in [0.1, 0.15) is 5.75 Å². The first kappa shape index (κ1) is 17.3. The maximum absolute atomic E-state index is 11.8. The predicted octanol–water partition coefficient (Wildman–Crippen LogP) is 2.81. The topological polar surface area (TPSA) is 64.6 Å². The summed E-state index contributed by atoms with van der Waals surface area (Å²) in [7, 11) is 2.95. The van der Waals surface area contributed by atoms with Gasteiger partial charge in [0, 0.05) is 12.6 Å². The molecule has 0 saturated carbocycles. The van der Waals surface area contributed by atoms with Gasteiger partial charge in [0.25, 0.3) is 0 Å². The normalized spacial score (nSPS) is 10.4. The summed E-state index contributed by atoms with van der Waals surface area (Å²) in [6.45, 7) is 0.439. The standard InChI is InChI=1S/C19H19NO4/c1-23-17-10-5-15(6-11-17)13-20-18(21)12-7-14-3-8-16(9-4-14)19(22)24-2/h3-12H,13H2,1-2H3,(H,20,21)/b12-7+. The molecule has 0 atom stereocenters. The summed E-state index contributed by atoms with van der Waals surface area (Å²) in [5, 5.41) is 2.80. The van der Waals surface area contributed by atoms with E-state index in [4.69, 9.17) is 4.74 Å². The Kier molecular flexibility index (Phi) is 6.14. The lowest BCUT2D eigenvalue weighted by atomic mass is 10.1. The van der Waals surface area contributed by atoms with E-state index in [1.165, 1.54) is 13.2 Å². The molecule has 0 aliphatic rings. The summed E-state index contributed by atoms with van der Waals surface area (Å²) >= 11 is 0. The summed E-state index contributed by atoms with van der Waals surface area (Å²) < 4.78 is 9.72. The number of benzene rings is 2. The van der Waals surface area contributed by atoms with Crippen molar-refractivity contribution in [2.75, 3.05) is 14.2 Å². The van der Waals surface area contributed by atoms with Crippen molar-refractivity contribution in [1.29, 1.82) is 0 Å². The lowest BCUT2D eigenvalue weighted by Crippen LogP contribution is -2.20. The van der Waals surface area contributed by atoms with Gasteiger partial charge < -0.3 is 14.8 Å². The van der Waals surface area contributed by atoms with Crippen LogP contribution in [0.1, 0.15) is 21.5 Å². The molecule has 124 valence electrons. The Bertz CT molecular complexity index is 718. The Morgan fingerprint density at radius 3 is 2.25 bits per heavy atom. The number of amides is 1. The summed E-state index contributed by atoms with van der Waals surface area (Å²) in [5.41, 5.74) is 2.28. The molecule has 5 heteroatoms. The van der Waals surface area contributed by atoms with Gasteiger partial charge in [-0.1, -0.05) is 24.3 Å². The van der Waals surface area contributed by atoms with Crippen LogP contribution >= 0.6 is 0 Å². The monoisotopic (exact) mass is 325 g/mol. The number of carbonyl (C=O) groups excluding carboxylic acids is 2. The molecule has 0 aromatic heterocycles. The number of carbonyl (C=O) groups is 2. The zero-order chi connectivity index (χ0) is 17.4. The lowest BCUT2D eigenvalue weighted by molar-refractivity contribution is -0.116. The van der Waals surface area contributed by atoms with Crippen molar-refractivity contribution in [3.05, 3.63) is 71.3 Å². The Labute approximate surface area is 140 Å². The van der Waals surface area contributed by atoms with E-state index in [0.29, 0.717) is 12.1 Å². The fourth-order valence-electron chi connectivity index (χ4n) is 2.01. The van der Waals surface area contributed by atoms with Gasteiger partial charge in [0.05, 0.1) is 19.8 Å². The van der Waals surface area contributed by atoms with Crippen LogP contribution < -0.4 is 10.1 Å². The summed E-state index contributed by atoms with van der Waals surface area (Å²) in [6.07, 6.45) is 3.14. The molecule has 24 heavy (non-hydrogen) atoms. The molecule has 0 fully saturated rings. The SMILES string of the molecule is COC(=O)c1ccc(/C=C/C(=O)NCc2ccc(OC)cc2)cc1. The van der Waals surface area contributed by atoms with E-state index in [9.17, 15) is 9.59 Å². The fourth-order valence-corrected chi connectivity index (χ4v) is 2.01. The van der Waals surface area contributed by atoms with E-state index in [1.807, 2.05) is 24.3 Å². The molecule has 0 spiro atoms. The second kappa shape index (κ2) is 8.53. The van der Waals surface area contributed by atoms with Crippen LogP contribution in [-0.4, -0.2) is 26.1 Å². The third kappa shape index (κ3) is 4.98. The minimum absolute atomic E-state index is 0.192. The molecule has 0 unspecified atom stereocenters. The van der Waals surface area contributed by atoms with Gasteiger partial charge in [-0.05, 0) is 41.5 Å². The molecular weight excluding hydrogens is 306 g/mol. The van der Waals surface area contributed by atoms with Gasteiger partial charge in [-0.25, -0.2) is 4.79 Å². The number of hydrogen-bond donors (Lipinski definition) is 1. The van der Waals surface area contributed by atoms with Crippen molar-refractivity contribution in [3.63, 3.8) is 0 Å². The van der Waals surface area contributed by atoms with Crippen molar-refractivity contribution in [1.82, 2.24) is 5.32 Å². The number of esters is 1. The Morgan fingerprint density at radius 1 is 1.00 bits per heavy atom. The molecule has 0 radical (unpaired) electrons. The summed E-state index contributed by atoms with van der Waals surface area (Å²) in [4.78, 5) is 23.2. The van der Waals surface area contributed by atoms with Crippen LogP contribution in [0.25, 0.3) is 6.08 Å². The van der Waals surface area contributed by atoms with Crippen LogP contribution in [0.4, 0.5) is 0 Å². The number of methoxy groups -OCH3 is 2. The molecule has 2 aromatic rings. The van der Waals surface area contributed by atoms with Crippen molar-refractivity contribution in [2.45, 2.75) is 6.54 Å². The molecule has 5 nitrogen and oxygen atoms in total. The first-order chi connectivity index (χ1) is 11.6. The van der Waals surface area contributed by atoms with Crippen molar-refractivity contribution < 1.29 is 19.1 Å². The fraction of sp³-hybridized carbons (Fsp3) is 0.158. The molecule has 1 amide bonds. The number of hydrogen-bond acceptors (Lipinski definition) is 4. The van der Waals surface area contributed by atoms with Crippen molar-refractivity contribution in [2.24, 2.45) is 0 Å². The number of rotatable bonds is 6. The first-order valence-electron chi connectivity index (χ1n) is 7.39. The average Bonchev–Trinajstić information content (AvgIpc) is 2.64. The van der Waals surface area contributed by atoms with Crippen molar-refractivity contribution >= 4 is 18.0 Å². The van der Waals surface area contributed by atoms with Gasteiger partial charge in [-0.15, -0.1) is 0 Å². The number of ether oxygens (including phenoxy) is 2. The largest absolute Gasteiger partial charge is 0.497 e. The highest BCUT2D eigenvalue weighted by Crippen LogP contribution is 2.11. The minimum atomic E-state index is -0.386. The second-order valence-electron chi connectivity index (χ2n) is 5.01. The molecule has 0 heterocycles. The molecule has 0 aliphatic carbocycles. The van der Waals surface area contributed by atoms with E-state index in [1.54, 1.807) is 37.5 Å². The van der Waals surface area contributed by atoms with Crippen LogP contribution in [0.15, 0.2) is 54.6 Å². The van der Waals surface area contributed by atoms with Crippen LogP contribution in [0.5, 0.6) is 5.75 Å². The minimum Gasteiger partial charge on any atom is -0.497 e. The molecule has 0 saturated heterocycles. The molecule has 0 aliphatic heterocycles. The smallest absolute Gasteiger partial charge is 0.337 e. The maximum Gasteiger partial charge on any atom is 0.337 e. The van der Waals surface area contributed by atoms with E-state index in [2.05, 4.69) is 10.1 Å². The van der Waals surface area contributed by atoms with Crippen LogP contribution in [0, 0.1) is 0 Å². The summed E-state index contributed by atoms with van der Waals surface area (Å²) in [6, 6.07) is 14.3. The Hall–Kier alpha value is -3.08. The van der Waals surface area contributed by atoms with E-state index < -0.39 is 0 Å². The Balaban J connectivity index is 1.86. The maximum atomic E-state index is 11.8. The zero-order valence-electron chi connectivity index (χ0n) is 13.6. The summed E-state index contributed by atoms with van der Waals surface area (Å²) in [5.74, 6) is 0.200. The number of nitrogens with one attached hydrogen (secondary N) is 1. The van der Waals surface area contributed by atoms with Crippen LogP contribution in [-0.2, 0) is 16.1 Å². The van der Waals surface area contributed by atoms with Gasteiger partial charge in [0.15, 0.2) is 0 Å². The second-order valence-corrected chi connectivity index (χ2v) is 5.01. The molecular formula is C19H19NO4. The quantitative estimate of drug-likeness (QED) is 0.655. The van der Waals surface area contributed by atoms with Gasteiger partial charge in [-0.3, -0.25) is 4.79 Å². The van der Waals surface area contributed by atoms with Crippen LogP contribution in [0.2, 0.25) is 0 Å². The highest BCUT2D eigenvalue weighted by Gasteiger charge is 2.03. The third-order valence-corrected chi connectivity index (χ3v) is 3.38. The molecule has 1 N–H and O–H groups in total. The van der Waals surface area contributed by atoms with Crippen molar-refractivity contribution in [3.8, 4) is 5.75 Å². The highest BCUT2D eigenvalue weighted by atomic mass is 16.5. The third-order valence-electron chi connectivity index (χ3n) is 3.38. The van der Waals surface area contributed by atoms with Gasteiger partial charge in [-0.2, -0.15) is 0 Å². The van der Waals surface area contributed by atoms with E-state index >= 15 is 0 Å². The first-order valence-corrected chi connectivity index (χ1v) is 7.39. The van der Waals surface area contributed by atoms with Crippen LogP contribution in [0.3, 0.4) is 0 Å². The molecule has 2 aromatic carbocycles. The lowest BCUT2D eigenvalue weighted by Gasteiger charge is -2.04. The zero-order valence-corrected chi connectivity index (χ0v) is 13.6. The molecule has 2 rings (SSSR count). The van der Waals surface area contributed by atoms with Gasteiger partial charge in [0.2, 0.25) is 5.91 Å². The van der Waals surface area contributed by atoms with E-state index in [-0.39, 0.29) is 11.9 Å².